The molecule has 2 nitrogen and oxygen atoms in total. The molecular weight excluding hydrogens is 280 g/mol. The molecule has 0 aliphatic rings. The third-order valence-corrected chi connectivity index (χ3v) is 4.04. The van der Waals surface area contributed by atoms with Crippen LogP contribution in [-0.4, -0.2) is 5.78 Å². The monoisotopic (exact) mass is 289 g/mol. The van der Waals surface area contributed by atoms with Crippen LogP contribution in [0.15, 0.2) is 41.8 Å². The number of hydrogen-bond acceptors (Lipinski definition) is 3. The molecule has 0 spiro atoms. The summed E-state index contributed by atoms with van der Waals surface area (Å²) in [6.45, 7) is 0. The van der Waals surface area contributed by atoms with Crippen molar-refractivity contribution in [1.29, 1.82) is 0 Å². The van der Waals surface area contributed by atoms with Crippen LogP contribution in [-0.2, 0) is 0 Å². The Balaban J connectivity index is 2.21. The first-order chi connectivity index (χ1) is 9.59. The van der Waals surface area contributed by atoms with Crippen molar-refractivity contribution in [3.05, 3.63) is 64.5 Å². The summed E-state index contributed by atoms with van der Waals surface area (Å²) in [5.74, 6) is -2.60. The number of nitrogen functional groups attached to an aromatic ring is 1. The van der Waals surface area contributed by atoms with Crippen molar-refractivity contribution in [3.8, 4) is 0 Å². The predicted octanol–water partition coefficient (Wildman–Crippen LogP) is 3.99. The van der Waals surface area contributed by atoms with Crippen molar-refractivity contribution in [2.24, 2.45) is 0 Å². The lowest BCUT2D eigenvalue weighted by molar-refractivity contribution is 0.103. The molecule has 0 bridgehead atoms. The number of anilines is 1. The second-order valence-corrected chi connectivity index (χ2v) is 5.21. The molecule has 0 radical (unpaired) electrons. The SMILES string of the molecule is Nc1ccc(F)c(C(=O)c2csc3ccccc23)c1F. The molecule has 3 rings (SSSR count). The highest BCUT2D eigenvalue weighted by Crippen LogP contribution is 2.29. The Labute approximate surface area is 117 Å². The summed E-state index contributed by atoms with van der Waals surface area (Å²) in [7, 11) is 0. The van der Waals surface area contributed by atoms with Gasteiger partial charge in [0, 0.05) is 21.0 Å². The number of halogens is 2. The van der Waals surface area contributed by atoms with Gasteiger partial charge >= 0.3 is 0 Å². The topological polar surface area (TPSA) is 43.1 Å². The molecule has 1 aromatic heterocycles. The van der Waals surface area contributed by atoms with Gasteiger partial charge in [-0.1, -0.05) is 18.2 Å². The molecule has 0 unspecified atom stereocenters. The van der Waals surface area contributed by atoms with E-state index in [1.807, 2.05) is 12.1 Å². The standard InChI is InChI=1S/C15H9F2NOS/c16-10-5-6-11(18)14(17)13(10)15(19)9-7-20-12-4-2-1-3-8(9)12/h1-7H,18H2. The number of carbonyl (C=O) groups is 1. The number of benzene rings is 2. The molecule has 20 heavy (non-hydrogen) atoms. The van der Waals surface area contributed by atoms with Crippen molar-refractivity contribution in [1.82, 2.24) is 0 Å². The minimum Gasteiger partial charge on any atom is -0.396 e. The first-order valence-electron chi connectivity index (χ1n) is 5.84. The first kappa shape index (κ1) is 12.7. The van der Waals surface area contributed by atoms with E-state index in [0.717, 1.165) is 16.8 Å². The number of carbonyl (C=O) groups excluding carboxylic acids is 1. The second kappa shape index (κ2) is 4.68. The van der Waals surface area contributed by atoms with Gasteiger partial charge in [-0.05, 0) is 18.2 Å². The maximum atomic E-state index is 13.9. The van der Waals surface area contributed by atoms with Gasteiger partial charge in [0.05, 0.1) is 11.3 Å². The molecule has 0 aliphatic heterocycles. The van der Waals surface area contributed by atoms with Gasteiger partial charge in [-0.15, -0.1) is 11.3 Å². The van der Waals surface area contributed by atoms with Gasteiger partial charge in [0.1, 0.15) is 5.82 Å². The molecular formula is C15H9F2NOS. The molecule has 0 atom stereocenters. The zero-order valence-corrected chi connectivity index (χ0v) is 11.0. The molecule has 2 N–H and O–H groups in total. The summed E-state index contributed by atoms with van der Waals surface area (Å²) >= 11 is 1.36. The Bertz CT molecular complexity index is 826. The van der Waals surface area contributed by atoms with E-state index in [4.69, 9.17) is 5.73 Å². The van der Waals surface area contributed by atoms with Crippen LogP contribution >= 0.6 is 11.3 Å². The Morgan fingerprint density at radius 3 is 2.65 bits per heavy atom. The first-order valence-corrected chi connectivity index (χ1v) is 6.72. The zero-order chi connectivity index (χ0) is 14.3. The van der Waals surface area contributed by atoms with Crippen molar-refractivity contribution in [3.63, 3.8) is 0 Å². The van der Waals surface area contributed by atoms with Gasteiger partial charge in [-0.3, -0.25) is 4.79 Å². The van der Waals surface area contributed by atoms with Crippen molar-refractivity contribution >= 4 is 32.9 Å². The van der Waals surface area contributed by atoms with Crippen molar-refractivity contribution < 1.29 is 13.6 Å². The quantitative estimate of drug-likeness (QED) is 0.572. The number of nitrogens with two attached hydrogens (primary N) is 1. The van der Waals surface area contributed by atoms with Crippen LogP contribution in [0.1, 0.15) is 15.9 Å². The Morgan fingerprint density at radius 1 is 1.10 bits per heavy atom. The largest absolute Gasteiger partial charge is 0.396 e. The zero-order valence-electron chi connectivity index (χ0n) is 10.2. The van der Waals surface area contributed by atoms with E-state index in [9.17, 15) is 13.6 Å². The average molecular weight is 289 g/mol. The van der Waals surface area contributed by atoms with Crippen LogP contribution in [0.3, 0.4) is 0 Å². The van der Waals surface area contributed by atoms with Crippen molar-refractivity contribution in [2.45, 2.75) is 0 Å². The van der Waals surface area contributed by atoms with Gasteiger partial charge in [0.15, 0.2) is 11.6 Å². The number of rotatable bonds is 2. The summed E-state index contributed by atoms with van der Waals surface area (Å²) in [6.07, 6.45) is 0. The summed E-state index contributed by atoms with van der Waals surface area (Å²) in [5, 5.41) is 2.29. The van der Waals surface area contributed by atoms with E-state index >= 15 is 0 Å². The van der Waals surface area contributed by atoms with Gasteiger partial charge in [0.2, 0.25) is 0 Å². The van der Waals surface area contributed by atoms with Crippen molar-refractivity contribution in [2.75, 3.05) is 5.73 Å². The number of thiophene rings is 1. The van der Waals surface area contributed by atoms with E-state index < -0.39 is 23.0 Å². The molecule has 5 heteroatoms. The average Bonchev–Trinajstić information content (AvgIpc) is 2.87. The lowest BCUT2D eigenvalue weighted by atomic mass is 10.0. The number of hydrogen-bond donors (Lipinski definition) is 1. The Hall–Kier alpha value is -2.27. The molecule has 0 fully saturated rings. The van der Waals surface area contributed by atoms with Crippen LogP contribution in [0.4, 0.5) is 14.5 Å². The van der Waals surface area contributed by atoms with Gasteiger partial charge < -0.3 is 5.73 Å². The third kappa shape index (κ3) is 1.87. The smallest absolute Gasteiger partial charge is 0.200 e. The molecule has 0 saturated heterocycles. The van der Waals surface area contributed by atoms with E-state index in [0.29, 0.717) is 5.39 Å². The minimum absolute atomic E-state index is 0.241. The van der Waals surface area contributed by atoms with Crippen LogP contribution in [0.2, 0.25) is 0 Å². The highest BCUT2D eigenvalue weighted by Gasteiger charge is 2.23. The Morgan fingerprint density at radius 2 is 1.85 bits per heavy atom. The lowest BCUT2D eigenvalue weighted by Gasteiger charge is -2.05. The molecule has 0 aliphatic carbocycles. The fourth-order valence-electron chi connectivity index (χ4n) is 2.07. The lowest BCUT2D eigenvalue weighted by Crippen LogP contribution is -2.09. The number of fused-ring (bicyclic) bond motifs is 1. The van der Waals surface area contributed by atoms with E-state index in [1.165, 1.54) is 11.3 Å². The summed E-state index contributed by atoms with van der Waals surface area (Å²) in [5.41, 5.74) is 4.84. The normalized spacial score (nSPS) is 10.9. The maximum Gasteiger partial charge on any atom is 0.200 e. The fraction of sp³-hybridized carbons (Fsp3) is 0. The van der Waals surface area contributed by atoms with Crippen LogP contribution in [0.25, 0.3) is 10.1 Å². The molecule has 1 heterocycles. The molecule has 100 valence electrons. The molecule has 0 saturated carbocycles. The van der Waals surface area contributed by atoms with Crippen LogP contribution in [0, 0.1) is 11.6 Å². The highest BCUT2D eigenvalue weighted by molar-refractivity contribution is 7.17. The van der Waals surface area contributed by atoms with Gasteiger partial charge in [-0.2, -0.15) is 0 Å². The molecule has 3 aromatic rings. The Kier molecular flexibility index (Phi) is 2.99. The highest BCUT2D eigenvalue weighted by atomic mass is 32.1. The molecule has 0 amide bonds. The maximum absolute atomic E-state index is 13.9. The third-order valence-electron chi connectivity index (χ3n) is 3.07. The van der Waals surface area contributed by atoms with E-state index in [-0.39, 0.29) is 11.3 Å². The van der Waals surface area contributed by atoms with Gasteiger partial charge in [0.25, 0.3) is 0 Å². The van der Waals surface area contributed by atoms with Crippen LogP contribution in [0.5, 0.6) is 0 Å². The summed E-state index contributed by atoms with van der Waals surface area (Å²) < 4.78 is 28.6. The fourth-order valence-corrected chi connectivity index (χ4v) is 3.01. The minimum atomic E-state index is -1.01. The number of ketones is 1. The van der Waals surface area contributed by atoms with E-state index in [2.05, 4.69) is 0 Å². The summed E-state index contributed by atoms with van der Waals surface area (Å²) in [6, 6.07) is 9.32. The van der Waals surface area contributed by atoms with E-state index in [1.54, 1.807) is 17.5 Å². The molecule has 2 aromatic carbocycles. The predicted molar refractivity (Wildman–Crippen MR) is 76.0 cm³/mol. The second-order valence-electron chi connectivity index (χ2n) is 4.30. The van der Waals surface area contributed by atoms with Crippen LogP contribution < -0.4 is 5.73 Å². The summed E-state index contributed by atoms with van der Waals surface area (Å²) in [4.78, 5) is 12.4. The van der Waals surface area contributed by atoms with Gasteiger partial charge in [-0.25, -0.2) is 8.78 Å².